The number of nitrogens with zero attached hydrogens (tertiary/aromatic N) is 2. The Morgan fingerprint density at radius 2 is 2.18 bits per heavy atom. The van der Waals surface area contributed by atoms with Crippen LogP contribution in [0.5, 0.6) is 0 Å². The Bertz CT molecular complexity index is 520. The predicted octanol–water partition coefficient (Wildman–Crippen LogP) is 2.91. The maximum absolute atomic E-state index is 11.8. The summed E-state index contributed by atoms with van der Waals surface area (Å²) in [6.07, 6.45) is 8.06. The molecule has 0 saturated heterocycles. The van der Waals surface area contributed by atoms with Crippen LogP contribution in [0.2, 0.25) is 0 Å². The van der Waals surface area contributed by atoms with Gasteiger partial charge in [0.1, 0.15) is 6.26 Å². The van der Waals surface area contributed by atoms with Crippen molar-refractivity contribution in [2.24, 2.45) is 5.92 Å². The van der Waals surface area contributed by atoms with Crippen LogP contribution < -0.4 is 0 Å². The SMILES string of the molecule is CN(C)C(=O)c1coc([C@H](CCCC2CCC2)CC(=O)O)n1. The third kappa shape index (κ3) is 4.32. The van der Waals surface area contributed by atoms with Gasteiger partial charge in [0.15, 0.2) is 11.6 Å². The summed E-state index contributed by atoms with van der Waals surface area (Å²) in [7, 11) is 3.29. The molecular formula is C16H24N2O4. The largest absolute Gasteiger partial charge is 0.481 e. The molecule has 0 bridgehead atoms. The molecule has 1 aromatic rings. The summed E-state index contributed by atoms with van der Waals surface area (Å²) in [6.45, 7) is 0. The summed E-state index contributed by atoms with van der Waals surface area (Å²) in [4.78, 5) is 28.5. The monoisotopic (exact) mass is 308 g/mol. The lowest BCUT2D eigenvalue weighted by atomic mass is 9.81. The highest BCUT2D eigenvalue weighted by atomic mass is 16.4. The quantitative estimate of drug-likeness (QED) is 0.798. The first kappa shape index (κ1) is 16.5. The second-order valence-corrected chi connectivity index (χ2v) is 6.29. The van der Waals surface area contributed by atoms with Crippen LogP contribution in [0.4, 0.5) is 0 Å². The summed E-state index contributed by atoms with van der Waals surface area (Å²) >= 11 is 0. The minimum absolute atomic E-state index is 0.0131. The fraction of sp³-hybridized carbons (Fsp3) is 0.688. The van der Waals surface area contributed by atoms with E-state index in [9.17, 15) is 9.59 Å². The minimum Gasteiger partial charge on any atom is -0.481 e. The molecule has 1 atom stereocenters. The van der Waals surface area contributed by atoms with E-state index in [-0.39, 0.29) is 23.9 Å². The first-order valence-corrected chi connectivity index (χ1v) is 7.86. The second-order valence-electron chi connectivity index (χ2n) is 6.29. The van der Waals surface area contributed by atoms with Crippen molar-refractivity contribution < 1.29 is 19.1 Å². The van der Waals surface area contributed by atoms with Crippen molar-refractivity contribution in [3.63, 3.8) is 0 Å². The van der Waals surface area contributed by atoms with Crippen molar-refractivity contribution in [1.82, 2.24) is 9.88 Å². The first-order valence-electron chi connectivity index (χ1n) is 7.86. The van der Waals surface area contributed by atoms with E-state index in [2.05, 4.69) is 4.98 Å². The molecule has 1 amide bonds. The fourth-order valence-corrected chi connectivity index (χ4v) is 2.76. The number of carboxylic acids is 1. The van der Waals surface area contributed by atoms with E-state index in [4.69, 9.17) is 9.52 Å². The van der Waals surface area contributed by atoms with Crippen molar-refractivity contribution in [2.45, 2.75) is 50.9 Å². The van der Waals surface area contributed by atoms with Gasteiger partial charge in [-0.2, -0.15) is 0 Å². The molecular weight excluding hydrogens is 284 g/mol. The van der Waals surface area contributed by atoms with Gasteiger partial charge in [-0.1, -0.05) is 32.1 Å². The molecule has 6 heteroatoms. The normalized spacial score (nSPS) is 16.1. The number of hydrogen-bond acceptors (Lipinski definition) is 4. The van der Waals surface area contributed by atoms with Crippen molar-refractivity contribution in [1.29, 1.82) is 0 Å². The third-order valence-corrected chi connectivity index (χ3v) is 4.31. The van der Waals surface area contributed by atoms with E-state index < -0.39 is 5.97 Å². The van der Waals surface area contributed by atoms with E-state index in [0.29, 0.717) is 5.89 Å². The van der Waals surface area contributed by atoms with E-state index in [1.807, 2.05) is 0 Å². The predicted molar refractivity (Wildman–Crippen MR) is 80.7 cm³/mol. The molecule has 0 aromatic carbocycles. The van der Waals surface area contributed by atoms with Gasteiger partial charge in [0.25, 0.3) is 5.91 Å². The lowest BCUT2D eigenvalue weighted by molar-refractivity contribution is -0.137. The van der Waals surface area contributed by atoms with Gasteiger partial charge in [0.05, 0.1) is 6.42 Å². The Labute approximate surface area is 130 Å². The van der Waals surface area contributed by atoms with Crippen molar-refractivity contribution in [3.05, 3.63) is 17.8 Å². The Kier molecular flexibility index (Phi) is 5.57. The van der Waals surface area contributed by atoms with Crippen LogP contribution in [0.1, 0.15) is 67.2 Å². The molecule has 6 nitrogen and oxygen atoms in total. The Morgan fingerprint density at radius 1 is 1.45 bits per heavy atom. The number of hydrogen-bond donors (Lipinski definition) is 1. The molecule has 0 radical (unpaired) electrons. The molecule has 0 spiro atoms. The summed E-state index contributed by atoms with van der Waals surface area (Å²) in [6, 6.07) is 0. The molecule has 1 N–H and O–H groups in total. The Hall–Kier alpha value is -1.85. The molecule has 1 heterocycles. The van der Waals surface area contributed by atoms with Gasteiger partial charge in [-0.25, -0.2) is 4.98 Å². The number of amides is 1. The zero-order valence-electron chi connectivity index (χ0n) is 13.2. The number of carboxylic acid groups (broad SMARTS) is 1. The van der Waals surface area contributed by atoms with Crippen LogP contribution in [0, 0.1) is 5.92 Å². The molecule has 22 heavy (non-hydrogen) atoms. The molecule has 0 unspecified atom stereocenters. The molecule has 122 valence electrons. The van der Waals surface area contributed by atoms with E-state index in [1.54, 1.807) is 14.1 Å². The second kappa shape index (κ2) is 7.42. The van der Waals surface area contributed by atoms with Crippen LogP contribution in [-0.2, 0) is 4.79 Å². The van der Waals surface area contributed by atoms with Crippen LogP contribution in [0.3, 0.4) is 0 Å². The molecule has 1 fully saturated rings. The average Bonchev–Trinajstić information content (AvgIpc) is 2.88. The van der Waals surface area contributed by atoms with Gasteiger partial charge in [-0.05, 0) is 12.3 Å². The summed E-state index contributed by atoms with van der Waals surface area (Å²) in [5, 5.41) is 9.07. The van der Waals surface area contributed by atoms with Crippen molar-refractivity contribution in [3.8, 4) is 0 Å². The van der Waals surface area contributed by atoms with Gasteiger partial charge >= 0.3 is 5.97 Å². The highest BCUT2D eigenvalue weighted by molar-refractivity contribution is 5.91. The van der Waals surface area contributed by atoms with Gasteiger partial charge in [0.2, 0.25) is 0 Å². The highest BCUT2D eigenvalue weighted by Crippen LogP contribution is 2.33. The third-order valence-electron chi connectivity index (χ3n) is 4.31. The van der Waals surface area contributed by atoms with Crippen LogP contribution in [0.25, 0.3) is 0 Å². The van der Waals surface area contributed by atoms with E-state index in [0.717, 1.165) is 25.2 Å². The standard InChI is InChI=1S/C16H24N2O4/c1-18(2)16(21)13-10-22-15(17-13)12(9-14(19)20)8-4-7-11-5-3-6-11/h10-12H,3-9H2,1-2H3,(H,19,20)/t12-/m1/s1. The summed E-state index contributed by atoms with van der Waals surface area (Å²) in [5.74, 6) is -0.200. The Balaban J connectivity index is 1.97. The van der Waals surface area contributed by atoms with Gasteiger partial charge in [-0.3, -0.25) is 9.59 Å². The van der Waals surface area contributed by atoms with E-state index in [1.165, 1.54) is 30.4 Å². The average molecular weight is 308 g/mol. The smallest absolute Gasteiger partial charge is 0.304 e. The highest BCUT2D eigenvalue weighted by Gasteiger charge is 2.24. The number of rotatable bonds is 8. The van der Waals surface area contributed by atoms with Gasteiger partial charge in [-0.15, -0.1) is 0 Å². The van der Waals surface area contributed by atoms with Crippen LogP contribution in [-0.4, -0.2) is 41.0 Å². The van der Waals surface area contributed by atoms with Gasteiger partial charge < -0.3 is 14.4 Å². The molecule has 1 aliphatic carbocycles. The lowest BCUT2D eigenvalue weighted by Crippen LogP contribution is -2.22. The van der Waals surface area contributed by atoms with Crippen molar-refractivity contribution in [2.75, 3.05) is 14.1 Å². The van der Waals surface area contributed by atoms with E-state index >= 15 is 0 Å². The molecule has 1 saturated carbocycles. The van der Waals surface area contributed by atoms with Crippen LogP contribution in [0.15, 0.2) is 10.7 Å². The zero-order chi connectivity index (χ0) is 16.1. The number of carbonyl (C=O) groups is 2. The van der Waals surface area contributed by atoms with Gasteiger partial charge in [0, 0.05) is 20.0 Å². The first-order chi connectivity index (χ1) is 10.5. The van der Waals surface area contributed by atoms with Crippen LogP contribution >= 0.6 is 0 Å². The topological polar surface area (TPSA) is 83.6 Å². The number of carbonyl (C=O) groups excluding carboxylic acids is 1. The maximum Gasteiger partial charge on any atom is 0.304 e. The maximum atomic E-state index is 11.8. The van der Waals surface area contributed by atoms with Crippen molar-refractivity contribution >= 4 is 11.9 Å². The molecule has 2 rings (SSSR count). The Morgan fingerprint density at radius 3 is 2.73 bits per heavy atom. The number of aromatic nitrogens is 1. The summed E-state index contributed by atoms with van der Waals surface area (Å²) < 4.78 is 5.37. The molecule has 1 aliphatic rings. The minimum atomic E-state index is -0.868. The fourth-order valence-electron chi connectivity index (χ4n) is 2.76. The summed E-state index contributed by atoms with van der Waals surface area (Å²) in [5.41, 5.74) is 0.231. The molecule has 1 aromatic heterocycles. The lowest BCUT2D eigenvalue weighted by Gasteiger charge is -2.25. The number of oxazole rings is 1. The molecule has 0 aliphatic heterocycles. The number of aliphatic carboxylic acids is 1. The zero-order valence-corrected chi connectivity index (χ0v) is 13.2.